The summed E-state index contributed by atoms with van der Waals surface area (Å²) in [6.07, 6.45) is 5.32. The molecule has 0 aromatic rings. The van der Waals surface area contributed by atoms with Gasteiger partial charge in [0.15, 0.2) is 0 Å². The Morgan fingerprint density at radius 2 is 1.73 bits per heavy atom. The van der Waals surface area contributed by atoms with Crippen molar-refractivity contribution in [1.29, 1.82) is 0 Å². The molecule has 0 unspecified atom stereocenters. The Labute approximate surface area is 91.7 Å². The van der Waals surface area contributed by atoms with E-state index in [1.807, 2.05) is 0 Å². The van der Waals surface area contributed by atoms with Gasteiger partial charge in [-0.2, -0.15) is 0 Å². The second kappa shape index (κ2) is 6.43. The van der Waals surface area contributed by atoms with Crippen molar-refractivity contribution >= 4 is 0 Å². The van der Waals surface area contributed by atoms with E-state index >= 15 is 0 Å². The van der Waals surface area contributed by atoms with Crippen molar-refractivity contribution in [2.75, 3.05) is 6.54 Å². The molecule has 1 saturated carbocycles. The molecule has 4 nitrogen and oxygen atoms in total. The van der Waals surface area contributed by atoms with Crippen LogP contribution < -0.4 is 11.5 Å². The van der Waals surface area contributed by atoms with E-state index in [-0.39, 0.29) is 12.6 Å². The topological polar surface area (TPSA) is 92.5 Å². The van der Waals surface area contributed by atoms with Crippen LogP contribution in [0.1, 0.15) is 38.5 Å². The molecule has 0 aliphatic heterocycles. The fraction of sp³-hybridized carbons (Fsp3) is 1.00. The predicted octanol–water partition coefficient (Wildman–Crippen LogP) is -0.0354. The van der Waals surface area contributed by atoms with Gasteiger partial charge < -0.3 is 21.7 Å². The van der Waals surface area contributed by atoms with E-state index in [4.69, 9.17) is 11.5 Å². The van der Waals surface area contributed by atoms with Crippen LogP contribution in [-0.2, 0) is 0 Å². The Balaban J connectivity index is 2.29. The van der Waals surface area contributed by atoms with Crippen LogP contribution in [0.5, 0.6) is 0 Å². The van der Waals surface area contributed by atoms with Gasteiger partial charge in [0, 0.05) is 12.6 Å². The number of hydrogen-bond donors (Lipinski definition) is 4. The summed E-state index contributed by atoms with van der Waals surface area (Å²) < 4.78 is 0. The highest BCUT2D eigenvalue weighted by Crippen LogP contribution is 2.27. The van der Waals surface area contributed by atoms with Crippen LogP contribution in [0.4, 0.5) is 0 Å². The molecule has 0 radical (unpaired) electrons. The molecule has 6 N–H and O–H groups in total. The maximum absolute atomic E-state index is 9.66. The highest BCUT2D eigenvalue weighted by atomic mass is 16.3. The van der Waals surface area contributed by atoms with Gasteiger partial charge in [-0.1, -0.05) is 32.1 Å². The molecule has 0 aromatic carbocycles. The first-order chi connectivity index (χ1) is 7.15. The molecular formula is C11H24N2O2. The molecular weight excluding hydrogens is 192 g/mol. The summed E-state index contributed by atoms with van der Waals surface area (Å²) in [7, 11) is 0. The van der Waals surface area contributed by atoms with Gasteiger partial charge in [0.2, 0.25) is 0 Å². The molecule has 1 aliphatic rings. The third kappa shape index (κ3) is 4.07. The third-order valence-corrected chi connectivity index (χ3v) is 3.40. The molecule has 0 bridgehead atoms. The summed E-state index contributed by atoms with van der Waals surface area (Å²) in [5.41, 5.74) is 11.1. The Bertz CT molecular complexity index is 172. The van der Waals surface area contributed by atoms with Gasteiger partial charge in [-0.3, -0.25) is 0 Å². The first kappa shape index (κ1) is 12.9. The zero-order valence-electron chi connectivity index (χ0n) is 9.31. The van der Waals surface area contributed by atoms with E-state index in [2.05, 4.69) is 0 Å². The average Bonchev–Trinajstić information content (AvgIpc) is 2.28. The Hall–Kier alpha value is -0.160. The van der Waals surface area contributed by atoms with Crippen LogP contribution in [0.25, 0.3) is 0 Å². The average molecular weight is 216 g/mol. The van der Waals surface area contributed by atoms with Gasteiger partial charge in [-0.15, -0.1) is 0 Å². The van der Waals surface area contributed by atoms with Crippen LogP contribution in [-0.4, -0.2) is 35.0 Å². The van der Waals surface area contributed by atoms with Crippen LogP contribution >= 0.6 is 0 Å². The minimum atomic E-state index is -0.886. The molecule has 0 saturated heterocycles. The van der Waals surface area contributed by atoms with E-state index < -0.39 is 12.2 Å². The predicted molar refractivity (Wildman–Crippen MR) is 60.2 cm³/mol. The molecule has 1 aliphatic carbocycles. The summed E-state index contributed by atoms with van der Waals surface area (Å²) in [5.74, 6) is 0.619. The summed E-state index contributed by atoms with van der Waals surface area (Å²) >= 11 is 0. The number of rotatable bonds is 5. The van der Waals surface area contributed by atoms with Crippen LogP contribution in [0.3, 0.4) is 0 Å². The van der Waals surface area contributed by atoms with Crippen molar-refractivity contribution in [1.82, 2.24) is 0 Å². The van der Waals surface area contributed by atoms with Gasteiger partial charge in [0.25, 0.3) is 0 Å². The molecule has 0 aromatic heterocycles. The number of hydrogen-bond acceptors (Lipinski definition) is 4. The Kier molecular flexibility index (Phi) is 5.53. The van der Waals surface area contributed by atoms with E-state index in [1.165, 1.54) is 32.1 Å². The lowest BCUT2D eigenvalue weighted by atomic mass is 9.83. The SMILES string of the molecule is NC[C@H](O)[C@H](O)[C@@H](N)CC1CCCCC1. The summed E-state index contributed by atoms with van der Waals surface area (Å²) in [6, 6.07) is -0.341. The molecule has 0 amide bonds. The highest BCUT2D eigenvalue weighted by molar-refractivity contribution is 4.82. The van der Waals surface area contributed by atoms with Crippen molar-refractivity contribution in [3.63, 3.8) is 0 Å². The molecule has 1 rings (SSSR count). The zero-order chi connectivity index (χ0) is 11.3. The summed E-state index contributed by atoms with van der Waals surface area (Å²) in [4.78, 5) is 0. The molecule has 1 fully saturated rings. The fourth-order valence-electron chi connectivity index (χ4n) is 2.37. The number of aliphatic hydroxyl groups excluding tert-OH is 2. The molecule has 15 heavy (non-hydrogen) atoms. The monoisotopic (exact) mass is 216 g/mol. The maximum atomic E-state index is 9.66. The van der Waals surface area contributed by atoms with Gasteiger partial charge in [-0.05, 0) is 12.3 Å². The minimum Gasteiger partial charge on any atom is -0.389 e. The molecule has 0 heterocycles. The second-order valence-corrected chi connectivity index (χ2v) is 4.70. The van der Waals surface area contributed by atoms with Gasteiger partial charge >= 0.3 is 0 Å². The number of aliphatic hydroxyl groups is 2. The summed E-state index contributed by atoms with van der Waals surface area (Å²) in [6.45, 7) is 0.0690. The summed E-state index contributed by atoms with van der Waals surface area (Å²) in [5, 5.41) is 19.0. The Morgan fingerprint density at radius 3 is 2.27 bits per heavy atom. The minimum absolute atomic E-state index is 0.0690. The lowest BCUT2D eigenvalue weighted by molar-refractivity contribution is 0.00375. The van der Waals surface area contributed by atoms with Gasteiger partial charge in [0.1, 0.15) is 0 Å². The van der Waals surface area contributed by atoms with E-state index in [9.17, 15) is 10.2 Å². The van der Waals surface area contributed by atoms with Crippen molar-refractivity contribution in [2.45, 2.75) is 56.8 Å². The first-order valence-electron chi connectivity index (χ1n) is 5.97. The highest BCUT2D eigenvalue weighted by Gasteiger charge is 2.25. The molecule has 4 heteroatoms. The van der Waals surface area contributed by atoms with E-state index in [0.29, 0.717) is 5.92 Å². The van der Waals surface area contributed by atoms with Crippen LogP contribution in [0.2, 0.25) is 0 Å². The maximum Gasteiger partial charge on any atom is 0.0962 e. The lowest BCUT2D eigenvalue weighted by Gasteiger charge is -2.28. The van der Waals surface area contributed by atoms with E-state index in [0.717, 1.165) is 6.42 Å². The smallest absolute Gasteiger partial charge is 0.0962 e. The van der Waals surface area contributed by atoms with E-state index in [1.54, 1.807) is 0 Å². The lowest BCUT2D eigenvalue weighted by Crippen LogP contribution is -2.47. The van der Waals surface area contributed by atoms with Crippen LogP contribution in [0, 0.1) is 5.92 Å². The van der Waals surface area contributed by atoms with Crippen molar-refractivity contribution in [3.05, 3.63) is 0 Å². The molecule has 90 valence electrons. The Morgan fingerprint density at radius 1 is 1.13 bits per heavy atom. The van der Waals surface area contributed by atoms with Crippen LogP contribution in [0.15, 0.2) is 0 Å². The van der Waals surface area contributed by atoms with Crippen molar-refractivity contribution < 1.29 is 10.2 Å². The van der Waals surface area contributed by atoms with Gasteiger partial charge in [0.05, 0.1) is 12.2 Å². The van der Waals surface area contributed by atoms with Crippen molar-refractivity contribution in [3.8, 4) is 0 Å². The largest absolute Gasteiger partial charge is 0.389 e. The zero-order valence-corrected chi connectivity index (χ0v) is 9.31. The standard InChI is InChI=1S/C11H24N2O2/c12-7-10(14)11(15)9(13)6-8-4-2-1-3-5-8/h8-11,14-15H,1-7,12-13H2/t9-,10-,11+/m0/s1. The van der Waals surface area contributed by atoms with Gasteiger partial charge in [-0.25, -0.2) is 0 Å². The van der Waals surface area contributed by atoms with Crippen molar-refractivity contribution in [2.24, 2.45) is 17.4 Å². The first-order valence-corrected chi connectivity index (χ1v) is 5.97. The second-order valence-electron chi connectivity index (χ2n) is 4.70. The molecule has 3 atom stereocenters. The number of nitrogens with two attached hydrogens (primary N) is 2. The molecule has 0 spiro atoms. The fourth-order valence-corrected chi connectivity index (χ4v) is 2.37. The third-order valence-electron chi connectivity index (χ3n) is 3.40. The quantitative estimate of drug-likeness (QED) is 0.519. The normalized spacial score (nSPS) is 24.8.